The number of benzene rings is 1. The molecule has 1 heterocycles. The van der Waals surface area contributed by atoms with E-state index in [4.69, 9.17) is 21.1 Å². The molecule has 0 spiro atoms. The maximum absolute atomic E-state index is 12.8. The molecule has 0 N–H and O–H groups in total. The highest BCUT2D eigenvalue weighted by molar-refractivity contribution is 6.32. The van der Waals surface area contributed by atoms with Gasteiger partial charge in [-0.15, -0.1) is 0 Å². The Labute approximate surface area is 141 Å². The maximum Gasteiger partial charge on any atom is 0.310 e. The Kier molecular flexibility index (Phi) is 5.88. The summed E-state index contributed by atoms with van der Waals surface area (Å²) in [6, 6.07) is 3.38. The zero-order valence-corrected chi connectivity index (χ0v) is 14.5. The van der Waals surface area contributed by atoms with Gasteiger partial charge in [0.25, 0.3) is 5.91 Å². The van der Waals surface area contributed by atoms with Gasteiger partial charge < -0.3 is 14.4 Å². The van der Waals surface area contributed by atoms with Gasteiger partial charge in [-0.1, -0.05) is 11.6 Å². The van der Waals surface area contributed by atoms with E-state index >= 15 is 0 Å². The summed E-state index contributed by atoms with van der Waals surface area (Å²) < 4.78 is 10.2. The highest BCUT2D eigenvalue weighted by Crippen LogP contribution is 2.29. The predicted octanol–water partition coefficient (Wildman–Crippen LogP) is 3.07. The van der Waals surface area contributed by atoms with Crippen molar-refractivity contribution < 1.29 is 19.1 Å². The lowest BCUT2D eigenvalue weighted by molar-refractivity contribution is -0.149. The van der Waals surface area contributed by atoms with Gasteiger partial charge in [0.1, 0.15) is 5.75 Å². The van der Waals surface area contributed by atoms with Crippen molar-refractivity contribution in [1.82, 2.24) is 4.90 Å². The molecule has 0 bridgehead atoms. The number of hydrogen-bond acceptors (Lipinski definition) is 4. The van der Waals surface area contributed by atoms with Crippen LogP contribution in [0.15, 0.2) is 12.1 Å². The smallest absolute Gasteiger partial charge is 0.310 e. The number of piperidine rings is 1. The molecule has 1 aliphatic rings. The number of methoxy groups -OCH3 is 1. The van der Waals surface area contributed by atoms with Crippen LogP contribution in [-0.2, 0) is 9.53 Å². The Bertz CT molecular complexity index is 603. The summed E-state index contributed by atoms with van der Waals surface area (Å²) in [5.41, 5.74) is 1.34. The minimum absolute atomic E-state index is 0.110. The van der Waals surface area contributed by atoms with Crippen LogP contribution in [0.25, 0.3) is 0 Å². The van der Waals surface area contributed by atoms with Crippen LogP contribution >= 0.6 is 11.6 Å². The molecule has 0 aromatic heterocycles. The normalized spacial score (nSPS) is 17.7. The van der Waals surface area contributed by atoms with Gasteiger partial charge in [-0.05, 0) is 44.4 Å². The van der Waals surface area contributed by atoms with Crippen LogP contribution in [0.4, 0.5) is 0 Å². The molecular formula is C17H22ClNO4. The maximum atomic E-state index is 12.8. The Hall–Kier alpha value is -1.75. The van der Waals surface area contributed by atoms with E-state index < -0.39 is 0 Å². The third-order valence-corrected chi connectivity index (χ3v) is 4.35. The van der Waals surface area contributed by atoms with E-state index in [9.17, 15) is 9.59 Å². The Morgan fingerprint density at radius 2 is 2.13 bits per heavy atom. The van der Waals surface area contributed by atoms with Gasteiger partial charge in [0.05, 0.1) is 24.7 Å². The molecule has 0 saturated carbocycles. The minimum atomic E-state index is -0.248. The summed E-state index contributed by atoms with van der Waals surface area (Å²) in [5.74, 6) is -0.0408. The SMILES string of the molecule is CCOC(=O)C1CCCN(C(=O)c2cc(Cl)c(OC)cc2C)C1. The van der Waals surface area contributed by atoms with Crippen molar-refractivity contribution in [3.8, 4) is 5.75 Å². The molecule has 1 aliphatic heterocycles. The second kappa shape index (κ2) is 7.68. The third kappa shape index (κ3) is 3.96. The molecule has 126 valence electrons. The molecule has 1 amide bonds. The Morgan fingerprint density at radius 3 is 2.78 bits per heavy atom. The van der Waals surface area contributed by atoms with Crippen LogP contribution in [0.5, 0.6) is 5.75 Å². The van der Waals surface area contributed by atoms with E-state index in [2.05, 4.69) is 0 Å². The molecule has 6 heteroatoms. The first kappa shape index (κ1) is 17.6. The summed E-state index contributed by atoms with van der Waals surface area (Å²) in [7, 11) is 1.54. The van der Waals surface area contributed by atoms with Gasteiger partial charge in [0, 0.05) is 18.7 Å². The van der Waals surface area contributed by atoms with E-state index in [0.717, 1.165) is 18.4 Å². The number of ether oxygens (including phenoxy) is 2. The lowest BCUT2D eigenvalue weighted by Gasteiger charge is -2.32. The molecule has 5 nitrogen and oxygen atoms in total. The van der Waals surface area contributed by atoms with Gasteiger partial charge >= 0.3 is 5.97 Å². The fourth-order valence-corrected chi connectivity index (χ4v) is 3.07. The first-order chi connectivity index (χ1) is 11.0. The lowest BCUT2D eigenvalue weighted by atomic mass is 9.97. The van der Waals surface area contributed by atoms with Crippen LogP contribution in [0, 0.1) is 12.8 Å². The van der Waals surface area contributed by atoms with Crippen molar-refractivity contribution in [1.29, 1.82) is 0 Å². The molecule has 1 atom stereocenters. The molecule has 1 aromatic carbocycles. The number of nitrogens with zero attached hydrogens (tertiary/aromatic N) is 1. The molecule has 2 rings (SSSR count). The molecular weight excluding hydrogens is 318 g/mol. The van der Waals surface area contributed by atoms with E-state index in [-0.39, 0.29) is 17.8 Å². The Morgan fingerprint density at radius 1 is 1.39 bits per heavy atom. The average molecular weight is 340 g/mol. The van der Waals surface area contributed by atoms with Crippen LogP contribution in [0.3, 0.4) is 0 Å². The fourth-order valence-electron chi connectivity index (χ4n) is 2.83. The lowest BCUT2D eigenvalue weighted by Crippen LogP contribution is -2.43. The number of esters is 1. The van der Waals surface area contributed by atoms with E-state index in [1.807, 2.05) is 6.92 Å². The van der Waals surface area contributed by atoms with E-state index in [1.54, 1.807) is 24.0 Å². The average Bonchev–Trinajstić information content (AvgIpc) is 2.56. The topological polar surface area (TPSA) is 55.8 Å². The predicted molar refractivity (Wildman–Crippen MR) is 88.0 cm³/mol. The minimum Gasteiger partial charge on any atom is -0.495 e. The van der Waals surface area contributed by atoms with Crippen molar-refractivity contribution in [3.05, 3.63) is 28.3 Å². The summed E-state index contributed by atoms with van der Waals surface area (Å²) in [6.45, 7) is 5.01. The van der Waals surface area contributed by atoms with Gasteiger partial charge in [-0.3, -0.25) is 9.59 Å². The standard InChI is InChI=1S/C17H22ClNO4/c1-4-23-17(21)12-6-5-7-19(10-12)16(20)13-9-14(18)15(22-3)8-11(13)2/h8-9,12H,4-7,10H2,1-3H3. The van der Waals surface area contributed by atoms with Crippen molar-refractivity contribution in [3.63, 3.8) is 0 Å². The molecule has 23 heavy (non-hydrogen) atoms. The van der Waals surface area contributed by atoms with Gasteiger partial charge in [0.2, 0.25) is 0 Å². The summed E-state index contributed by atoms with van der Waals surface area (Å²) in [6.07, 6.45) is 1.54. The van der Waals surface area contributed by atoms with Crippen molar-refractivity contribution in [2.75, 3.05) is 26.8 Å². The molecule has 1 unspecified atom stereocenters. The van der Waals surface area contributed by atoms with E-state index in [1.165, 1.54) is 7.11 Å². The van der Waals surface area contributed by atoms with Crippen LogP contribution in [0.1, 0.15) is 35.7 Å². The second-order valence-corrected chi connectivity index (χ2v) is 6.05. The highest BCUT2D eigenvalue weighted by atomic mass is 35.5. The van der Waals surface area contributed by atoms with Gasteiger partial charge in [-0.25, -0.2) is 0 Å². The summed E-state index contributed by atoms with van der Waals surface area (Å²) in [5, 5.41) is 0.403. The second-order valence-electron chi connectivity index (χ2n) is 5.64. The largest absolute Gasteiger partial charge is 0.495 e. The zero-order valence-electron chi connectivity index (χ0n) is 13.7. The van der Waals surface area contributed by atoms with Crippen molar-refractivity contribution >= 4 is 23.5 Å². The fraction of sp³-hybridized carbons (Fsp3) is 0.529. The van der Waals surface area contributed by atoms with E-state index in [0.29, 0.717) is 36.0 Å². The van der Waals surface area contributed by atoms with Crippen LogP contribution in [0.2, 0.25) is 5.02 Å². The van der Waals surface area contributed by atoms with Crippen molar-refractivity contribution in [2.24, 2.45) is 5.92 Å². The Balaban J connectivity index is 2.17. The van der Waals surface area contributed by atoms with Gasteiger partial charge in [-0.2, -0.15) is 0 Å². The van der Waals surface area contributed by atoms with Gasteiger partial charge in [0.15, 0.2) is 0 Å². The molecule has 1 aromatic rings. The molecule has 0 aliphatic carbocycles. The number of hydrogen-bond donors (Lipinski definition) is 0. The summed E-state index contributed by atoms with van der Waals surface area (Å²) >= 11 is 6.14. The number of halogens is 1. The number of likely N-dealkylation sites (tertiary alicyclic amines) is 1. The number of amides is 1. The quantitative estimate of drug-likeness (QED) is 0.791. The van der Waals surface area contributed by atoms with Crippen LogP contribution < -0.4 is 4.74 Å². The number of carbonyl (C=O) groups is 2. The third-order valence-electron chi connectivity index (χ3n) is 4.06. The summed E-state index contributed by atoms with van der Waals surface area (Å²) in [4.78, 5) is 26.4. The highest BCUT2D eigenvalue weighted by Gasteiger charge is 2.30. The monoisotopic (exact) mass is 339 g/mol. The number of carbonyl (C=O) groups excluding carboxylic acids is 2. The van der Waals surface area contributed by atoms with Crippen molar-refractivity contribution in [2.45, 2.75) is 26.7 Å². The zero-order chi connectivity index (χ0) is 17.0. The number of aryl methyl sites for hydroxylation is 1. The molecule has 0 radical (unpaired) electrons. The molecule has 1 saturated heterocycles. The number of rotatable bonds is 4. The van der Waals surface area contributed by atoms with Crippen LogP contribution in [-0.4, -0.2) is 43.6 Å². The molecule has 1 fully saturated rings. The first-order valence-electron chi connectivity index (χ1n) is 7.78. The first-order valence-corrected chi connectivity index (χ1v) is 8.15.